The average Bonchev–Trinajstić information content (AvgIpc) is 2.92. The third-order valence-corrected chi connectivity index (χ3v) is 5.21. The summed E-state index contributed by atoms with van der Waals surface area (Å²) in [6.07, 6.45) is 2.86. The second-order valence-corrected chi connectivity index (χ2v) is 6.38. The Balaban J connectivity index is 1.96. The summed E-state index contributed by atoms with van der Waals surface area (Å²) in [7, 11) is 0. The minimum Gasteiger partial charge on any atom is -0.369 e. The molecule has 2 N–H and O–H groups in total. The van der Waals surface area contributed by atoms with Crippen molar-refractivity contribution in [3.8, 4) is 10.6 Å². The van der Waals surface area contributed by atoms with Crippen LogP contribution >= 0.6 is 11.3 Å². The van der Waals surface area contributed by atoms with Crippen LogP contribution in [0.4, 0.5) is 0 Å². The van der Waals surface area contributed by atoms with Gasteiger partial charge in [-0.05, 0) is 26.3 Å². The first-order valence-corrected chi connectivity index (χ1v) is 7.94. The van der Waals surface area contributed by atoms with Crippen LogP contribution in [-0.4, -0.2) is 18.1 Å². The fourth-order valence-corrected chi connectivity index (χ4v) is 3.95. The second-order valence-electron chi connectivity index (χ2n) is 5.38. The summed E-state index contributed by atoms with van der Waals surface area (Å²) in [5.74, 6) is 0. The zero-order valence-corrected chi connectivity index (χ0v) is 12.6. The van der Waals surface area contributed by atoms with Gasteiger partial charge in [0.05, 0.1) is 17.2 Å². The van der Waals surface area contributed by atoms with Gasteiger partial charge in [0.1, 0.15) is 10.6 Å². The van der Waals surface area contributed by atoms with Crippen molar-refractivity contribution >= 4 is 11.3 Å². The third-order valence-electron chi connectivity index (χ3n) is 3.82. The molecule has 4 heteroatoms. The monoisotopic (exact) mass is 288 g/mol. The molecular weight excluding hydrogens is 268 g/mol. The number of ether oxygens (including phenoxy) is 1. The van der Waals surface area contributed by atoms with E-state index >= 15 is 0 Å². The van der Waals surface area contributed by atoms with Crippen molar-refractivity contribution in [2.24, 2.45) is 5.73 Å². The van der Waals surface area contributed by atoms with Crippen molar-refractivity contribution < 1.29 is 4.74 Å². The number of nitrogens with two attached hydrogens (primary N) is 1. The lowest BCUT2D eigenvalue weighted by molar-refractivity contribution is -0.0506. The van der Waals surface area contributed by atoms with E-state index in [1.165, 1.54) is 16.1 Å². The molecule has 3 rings (SSSR count). The molecule has 1 aromatic heterocycles. The highest BCUT2D eigenvalue weighted by Crippen LogP contribution is 2.42. The zero-order valence-electron chi connectivity index (χ0n) is 11.8. The first-order valence-electron chi connectivity index (χ1n) is 7.12. The summed E-state index contributed by atoms with van der Waals surface area (Å²) >= 11 is 1.77. The van der Waals surface area contributed by atoms with Crippen molar-refractivity contribution in [3.63, 3.8) is 0 Å². The van der Waals surface area contributed by atoms with Crippen LogP contribution in [0.3, 0.4) is 0 Å². The Labute approximate surface area is 123 Å². The molecular formula is C16H20N2OS. The molecule has 1 aromatic carbocycles. The van der Waals surface area contributed by atoms with Gasteiger partial charge in [0, 0.05) is 12.0 Å². The normalized spacial score (nSPS) is 21.7. The van der Waals surface area contributed by atoms with E-state index in [0.29, 0.717) is 6.54 Å². The molecule has 0 radical (unpaired) electrons. The van der Waals surface area contributed by atoms with Crippen LogP contribution in [-0.2, 0) is 16.8 Å². The lowest BCUT2D eigenvalue weighted by Gasteiger charge is -2.33. The minimum atomic E-state index is -0.211. The van der Waals surface area contributed by atoms with Gasteiger partial charge in [-0.1, -0.05) is 30.3 Å². The van der Waals surface area contributed by atoms with Crippen molar-refractivity contribution in [2.75, 3.05) is 13.2 Å². The van der Waals surface area contributed by atoms with E-state index in [1.54, 1.807) is 11.3 Å². The van der Waals surface area contributed by atoms with Crippen LogP contribution in [0.25, 0.3) is 10.6 Å². The summed E-state index contributed by atoms with van der Waals surface area (Å²) in [5, 5.41) is 1.10. The third kappa shape index (κ3) is 2.51. The van der Waals surface area contributed by atoms with E-state index in [4.69, 9.17) is 15.5 Å². The van der Waals surface area contributed by atoms with Crippen LogP contribution in [0.1, 0.15) is 30.3 Å². The molecule has 0 saturated carbocycles. The highest BCUT2D eigenvalue weighted by Gasteiger charge is 2.35. The van der Waals surface area contributed by atoms with Gasteiger partial charge in [-0.15, -0.1) is 11.3 Å². The first kappa shape index (κ1) is 13.7. The van der Waals surface area contributed by atoms with Gasteiger partial charge in [-0.25, -0.2) is 4.98 Å². The fraction of sp³-hybridized carbons (Fsp3) is 0.438. The number of rotatable bonds is 4. The highest BCUT2D eigenvalue weighted by molar-refractivity contribution is 7.15. The maximum atomic E-state index is 6.06. The van der Waals surface area contributed by atoms with E-state index in [2.05, 4.69) is 31.2 Å². The van der Waals surface area contributed by atoms with Gasteiger partial charge in [-0.2, -0.15) is 0 Å². The second kappa shape index (κ2) is 5.64. The van der Waals surface area contributed by atoms with Gasteiger partial charge in [0.2, 0.25) is 0 Å². The summed E-state index contributed by atoms with van der Waals surface area (Å²) in [5.41, 5.74) is 7.84. The Bertz CT molecular complexity index is 581. The maximum Gasteiger partial charge on any atom is 0.123 e. The van der Waals surface area contributed by atoms with E-state index in [1.807, 2.05) is 6.07 Å². The first-order chi connectivity index (χ1) is 9.73. The standard InChI is InChI=1S/C16H20N2OS/c1-16(9-5-10-17)14-13(8-11-19-16)18-15(20-14)12-6-3-2-4-7-12/h2-4,6-7H,5,8-11,17H2,1H3. The smallest absolute Gasteiger partial charge is 0.123 e. The predicted molar refractivity (Wildman–Crippen MR) is 82.8 cm³/mol. The summed E-state index contributed by atoms with van der Waals surface area (Å²) in [6, 6.07) is 10.4. The molecule has 0 aliphatic carbocycles. The van der Waals surface area contributed by atoms with Crippen LogP contribution < -0.4 is 5.73 Å². The number of aromatic nitrogens is 1. The van der Waals surface area contributed by atoms with Crippen molar-refractivity contribution in [2.45, 2.75) is 31.8 Å². The Kier molecular flexibility index (Phi) is 3.87. The molecule has 2 heterocycles. The lowest BCUT2D eigenvalue weighted by Crippen LogP contribution is -2.32. The molecule has 1 aliphatic heterocycles. The molecule has 20 heavy (non-hydrogen) atoms. The number of nitrogens with zero attached hydrogens (tertiary/aromatic N) is 1. The molecule has 3 nitrogen and oxygen atoms in total. The van der Waals surface area contributed by atoms with E-state index in [-0.39, 0.29) is 5.60 Å². The molecule has 1 unspecified atom stereocenters. The number of thiazole rings is 1. The number of benzene rings is 1. The van der Waals surface area contributed by atoms with Crippen LogP contribution in [0.15, 0.2) is 30.3 Å². The minimum absolute atomic E-state index is 0.211. The number of fused-ring (bicyclic) bond motifs is 1. The van der Waals surface area contributed by atoms with Gasteiger partial charge in [-0.3, -0.25) is 0 Å². The van der Waals surface area contributed by atoms with E-state index < -0.39 is 0 Å². The Hall–Kier alpha value is -1.23. The molecule has 0 fully saturated rings. The molecule has 1 atom stereocenters. The Morgan fingerprint density at radius 3 is 2.90 bits per heavy atom. The van der Waals surface area contributed by atoms with E-state index in [0.717, 1.165) is 30.9 Å². The molecule has 0 amide bonds. The molecule has 1 aliphatic rings. The largest absolute Gasteiger partial charge is 0.369 e. The SMILES string of the molecule is CC1(CCCN)OCCc2nc(-c3ccccc3)sc21. The van der Waals surface area contributed by atoms with Gasteiger partial charge in [0.25, 0.3) is 0 Å². The summed E-state index contributed by atoms with van der Waals surface area (Å²) in [6.45, 7) is 3.64. The molecule has 2 aromatic rings. The van der Waals surface area contributed by atoms with Crippen LogP contribution in [0.2, 0.25) is 0 Å². The fourth-order valence-electron chi connectivity index (χ4n) is 2.70. The van der Waals surface area contributed by atoms with Gasteiger partial charge in [0.15, 0.2) is 0 Å². The van der Waals surface area contributed by atoms with Crippen molar-refractivity contribution in [1.82, 2.24) is 4.98 Å². The van der Waals surface area contributed by atoms with Crippen LogP contribution in [0.5, 0.6) is 0 Å². The lowest BCUT2D eigenvalue weighted by atomic mass is 9.93. The topological polar surface area (TPSA) is 48.1 Å². The maximum absolute atomic E-state index is 6.06. The quantitative estimate of drug-likeness (QED) is 0.938. The molecule has 0 spiro atoms. The van der Waals surface area contributed by atoms with Gasteiger partial charge < -0.3 is 10.5 Å². The van der Waals surface area contributed by atoms with Crippen molar-refractivity contribution in [1.29, 1.82) is 0 Å². The van der Waals surface area contributed by atoms with Crippen LogP contribution in [0, 0.1) is 0 Å². The molecule has 0 saturated heterocycles. The molecule has 106 valence electrons. The predicted octanol–water partition coefficient (Wildman–Crippen LogP) is 3.34. The molecule has 0 bridgehead atoms. The van der Waals surface area contributed by atoms with Crippen molar-refractivity contribution in [3.05, 3.63) is 40.9 Å². The Morgan fingerprint density at radius 1 is 1.35 bits per heavy atom. The number of hydrogen-bond donors (Lipinski definition) is 1. The Morgan fingerprint density at radius 2 is 2.15 bits per heavy atom. The number of hydrogen-bond acceptors (Lipinski definition) is 4. The zero-order chi connectivity index (χ0) is 14.0. The summed E-state index contributed by atoms with van der Waals surface area (Å²) in [4.78, 5) is 6.12. The average molecular weight is 288 g/mol. The van der Waals surface area contributed by atoms with E-state index in [9.17, 15) is 0 Å². The van der Waals surface area contributed by atoms with Gasteiger partial charge >= 0.3 is 0 Å². The summed E-state index contributed by atoms with van der Waals surface area (Å²) < 4.78 is 6.06. The highest BCUT2D eigenvalue weighted by atomic mass is 32.1.